The van der Waals surface area contributed by atoms with Gasteiger partial charge in [-0.05, 0) is 18.5 Å². The lowest BCUT2D eigenvalue weighted by Gasteiger charge is -2.05. The second-order valence-electron chi connectivity index (χ2n) is 2.66. The van der Waals surface area contributed by atoms with E-state index in [2.05, 4.69) is 0 Å². The molecule has 0 fully saturated rings. The van der Waals surface area contributed by atoms with E-state index in [1.165, 1.54) is 6.07 Å². The Morgan fingerprint density at radius 2 is 2.38 bits per heavy atom. The first kappa shape index (κ1) is 10.1. The topological polar surface area (TPSA) is 95.2 Å². The molecule has 6 heteroatoms. The highest BCUT2D eigenvalue weighted by Crippen LogP contribution is 2.26. The lowest BCUT2D eigenvalue weighted by atomic mass is 10.1. The van der Waals surface area contributed by atoms with E-state index in [9.17, 15) is 10.1 Å². The van der Waals surface area contributed by atoms with Gasteiger partial charge in [-0.15, -0.1) is 0 Å². The number of hydrogen-bond donors (Lipinski definition) is 2. The van der Waals surface area contributed by atoms with Crippen LogP contribution in [-0.2, 0) is 0 Å². The fourth-order valence-electron chi connectivity index (χ4n) is 0.975. The molecule has 0 saturated heterocycles. The van der Waals surface area contributed by atoms with Gasteiger partial charge in [0, 0.05) is 17.5 Å². The SMILES string of the molecule is NCC[C@@H](N)c1csc([N+](=O)[O-])c1. The second-order valence-corrected chi connectivity index (χ2v) is 3.55. The summed E-state index contributed by atoms with van der Waals surface area (Å²) < 4.78 is 0. The van der Waals surface area contributed by atoms with E-state index in [1.807, 2.05) is 0 Å². The van der Waals surface area contributed by atoms with Crippen molar-refractivity contribution >= 4 is 16.3 Å². The van der Waals surface area contributed by atoms with Gasteiger partial charge in [-0.25, -0.2) is 0 Å². The number of hydrogen-bond acceptors (Lipinski definition) is 5. The Balaban J connectivity index is 2.73. The third kappa shape index (κ3) is 2.48. The maximum absolute atomic E-state index is 10.3. The predicted octanol–water partition coefficient (Wildman–Crippen LogP) is 1.00. The second kappa shape index (κ2) is 4.31. The van der Waals surface area contributed by atoms with Crippen LogP contribution in [-0.4, -0.2) is 11.5 Å². The molecule has 5 nitrogen and oxygen atoms in total. The summed E-state index contributed by atoms with van der Waals surface area (Å²) in [5, 5.41) is 12.2. The Morgan fingerprint density at radius 1 is 1.69 bits per heavy atom. The average molecular weight is 201 g/mol. The number of thiophene rings is 1. The summed E-state index contributed by atoms with van der Waals surface area (Å²) >= 11 is 1.09. The van der Waals surface area contributed by atoms with Crippen molar-refractivity contribution in [3.05, 3.63) is 27.1 Å². The fourth-order valence-corrected chi connectivity index (χ4v) is 1.77. The van der Waals surface area contributed by atoms with Crippen molar-refractivity contribution in [3.63, 3.8) is 0 Å². The molecule has 1 aromatic rings. The van der Waals surface area contributed by atoms with Gasteiger partial charge >= 0.3 is 5.00 Å². The molecule has 0 aliphatic heterocycles. The first-order valence-corrected chi connectivity index (χ1v) is 4.71. The van der Waals surface area contributed by atoms with E-state index in [0.717, 1.165) is 16.9 Å². The van der Waals surface area contributed by atoms with Gasteiger partial charge in [-0.1, -0.05) is 11.3 Å². The standard InChI is InChI=1S/C7H11N3O2S/c8-2-1-6(9)5-3-7(10(11)12)13-4-5/h3-4,6H,1-2,8-9H2/t6-/m1/s1. The molecule has 0 unspecified atom stereocenters. The van der Waals surface area contributed by atoms with E-state index in [0.29, 0.717) is 13.0 Å². The monoisotopic (exact) mass is 201 g/mol. The minimum absolute atomic E-state index is 0.127. The van der Waals surface area contributed by atoms with Gasteiger partial charge in [0.05, 0.1) is 4.92 Å². The molecule has 0 spiro atoms. The first-order chi connectivity index (χ1) is 6.15. The summed E-state index contributed by atoms with van der Waals surface area (Å²) in [5.74, 6) is 0. The Morgan fingerprint density at radius 3 is 2.85 bits per heavy atom. The van der Waals surface area contributed by atoms with Crippen molar-refractivity contribution in [2.45, 2.75) is 12.5 Å². The summed E-state index contributed by atoms with van der Waals surface area (Å²) in [5.41, 5.74) is 11.8. The maximum Gasteiger partial charge on any atom is 0.324 e. The molecule has 1 heterocycles. The van der Waals surface area contributed by atoms with Crippen molar-refractivity contribution in [1.29, 1.82) is 0 Å². The van der Waals surface area contributed by atoms with Crippen LogP contribution in [0.3, 0.4) is 0 Å². The molecule has 1 atom stereocenters. The number of nitrogens with two attached hydrogens (primary N) is 2. The van der Waals surface area contributed by atoms with Gasteiger partial charge in [0.2, 0.25) is 0 Å². The van der Waals surface area contributed by atoms with Gasteiger partial charge in [0.15, 0.2) is 0 Å². The number of nitrogens with zero attached hydrogens (tertiary/aromatic N) is 1. The van der Waals surface area contributed by atoms with Crippen LogP contribution in [0.15, 0.2) is 11.4 Å². The van der Waals surface area contributed by atoms with Crippen LogP contribution in [0, 0.1) is 10.1 Å². The van der Waals surface area contributed by atoms with Gasteiger partial charge in [-0.2, -0.15) is 0 Å². The lowest BCUT2D eigenvalue weighted by Crippen LogP contribution is -2.14. The molecular weight excluding hydrogens is 190 g/mol. The van der Waals surface area contributed by atoms with Gasteiger partial charge in [0.1, 0.15) is 0 Å². The van der Waals surface area contributed by atoms with Gasteiger partial charge in [-0.3, -0.25) is 10.1 Å². The molecule has 0 amide bonds. The van der Waals surface area contributed by atoms with E-state index in [-0.39, 0.29) is 11.0 Å². The summed E-state index contributed by atoms with van der Waals surface area (Å²) in [6.07, 6.45) is 0.647. The van der Waals surface area contributed by atoms with Crippen molar-refractivity contribution in [1.82, 2.24) is 0 Å². The smallest absolute Gasteiger partial charge is 0.324 e. The van der Waals surface area contributed by atoms with Crippen LogP contribution in [0.25, 0.3) is 0 Å². The third-order valence-corrected chi connectivity index (χ3v) is 2.59. The van der Waals surface area contributed by atoms with Crippen LogP contribution in [0.4, 0.5) is 5.00 Å². The minimum Gasteiger partial charge on any atom is -0.330 e. The Labute approximate surface area is 79.5 Å². The molecule has 1 aromatic heterocycles. The molecule has 13 heavy (non-hydrogen) atoms. The van der Waals surface area contributed by atoms with E-state index in [1.54, 1.807) is 5.38 Å². The Hall–Kier alpha value is -0.980. The van der Waals surface area contributed by atoms with E-state index >= 15 is 0 Å². The lowest BCUT2D eigenvalue weighted by molar-refractivity contribution is -0.380. The molecule has 0 radical (unpaired) electrons. The zero-order valence-electron chi connectivity index (χ0n) is 6.97. The molecule has 0 bridgehead atoms. The highest BCUT2D eigenvalue weighted by atomic mass is 32.1. The quantitative estimate of drug-likeness (QED) is 0.561. The largest absolute Gasteiger partial charge is 0.330 e. The molecule has 0 aromatic carbocycles. The van der Waals surface area contributed by atoms with Crippen LogP contribution in [0.1, 0.15) is 18.0 Å². The van der Waals surface area contributed by atoms with Crippen LogP contribution in [0.2, 0.25) is 0 Å². The van der Waals surface area contributed by atoms with E-state index < -0.39 is 4.92 Å². The molecule has 0 aliphatic carbocycles. The highest BCUT2D eigenvalue weighted by molar-refractivity contribution is 7.13. The van der Waals surface area contributed by atoms with Crippen molar-refractivity contribution in [2.24, 2.45) is 11.5 Å². The maximum atomic E-state index is 10.3. The molecule has 72 valence electrons. The summed E-state index contributed by atoms with van der Waals surface area (Å²) in [6, 6.07) is 1.32. The zero-order chi connectivity index (χ0) is 9.84. The summed E-state index contributed by atoms with van der Waals surface area (Å²) in [7, 11) is 0. The molecule has 0 saturated carbocycles. The van der Waals surface area contributed by atoms with Gasteiger partial charge < -0.3 is 11.5 Å². The fraction of sp³-hybridized carbons (Fsp3) is 0.429. The van der Waals surface area contributed by atoms with Crippen molar-refractivity contribution < 1.29 is 4.92 Å². The first-order valence-electron chi connectivity index (χ1n) is 3.83. The number of nitro groups is 1. The average Bonchev–Trinajstić information content (AvgIpc) is 2.52. The number of rotatable bonds is 4. The van der Waals surface area contributed by atoms with Crippen LogP contribution < -0.4 is 11.5 Å². The minimum atomic E-state index is -0.413. The van der Waals surface area contributed by atoms with Crippen LogP contribution >= 0.6 is 11.3 Å². The zero-order valence-corrected chi connectivity index (χ0v) is 7.79. The van der Waals surface area contributed by atoms with Crippen molar-refractivity contribution in [2.75, 3.05) is 6.54 Å². The van der Waals surface area contributed by atoms with Gasteiger partial charge in [0.25, 0.3) is 0 Å². The van der Waals surface area contributed by atoms with Crippen molar-refractivity contribution in [3.8, 4) is 0 Å². The Kier molecular flexibility index (Phi) is 3.35. The summed E-state index contributed by atoms with van der Waals surface area (Å²) in [6.45, 7) is 0.491. The molecular formula is C7H11N3O2S. The Bertz CT molecular complexity index is 300. The molecule has 1 rings (SSSR count). The summed E-state index contributed by atoms with van der Waals surface area (Å²) in [4.78, 5) is 9.93. The predicted molar refractivity (Wildman–Crippen MR) is 51.6 cm³/mol. The molecule has 4 N–H and O–H groups in total. The van der Waals surface area contributed by atoms with E-state index in [4.69, 9.17) is 11.5 Å². The highest BCUT2D eigenvalue weighted by Gasteiger charge is 2.13. The normalized spacial score (nSPS) is 12.8. The van der Waals surface area contributed by atoms with Crippen LogP contribution in [0.5, 0.6) is 0 Å². The third-order valence-electron chi connectivity index (χ3n) is 1.69. The molecule has 0 aliphatic rings.